The first kappa shape index (κ1) is 26.3. The third-order valence-corrected chi connectivity index (χ3v) is 6.67. The van der Waals surface area contributed by atoms with Crippen LogP contribution in [0.25, 0.3) is 11.1 Å². The summed E-state index contributed by atoms with van der Waals surface area (Å²) in [6.45, 7) is 4.58. The minimum absolute atomic E-state index is 0.0537. The average Bonchev–Trinajstić information content (AvgIpc) is 3.18. The van der Waals surface area contributed by atoms with E-state index in [1.807, 2.05) is 24.3 Å². The third kappa shape index (κ3) is 6.84. The van der Waals surface area contributed by atoms with Crippen molar-refractivity contribution < 1.29 is 24.2 Å². The van der Waals surface area contributed by atoms with E-state index in [4.69, 9.17) is 9.84 Å². The quantitative estimate of drug-likeness (QED) is 0.385. The molecule has 0 aliphatic heterocycles. The first-order valence-corrected chi connectivity index (χ1v) is 12.5. The Balaban J connectivity index is 1.29. The van der Waals surface area contributed by atoms with Crippen LogP contribution in [0.15, 0.2) is 48.5 Å². The molecular formula is C28H36N2O5. The minimum Gasteiger partial charge on any atom is -0.480 e. The number of benzene rings is 2. The summed E-state index contributed by atoms with van der Waals surface area (Å²) in [5.41, 5.74) is 4.80. The Morgan fingerprint density at radius 1 is 0.943 bits per heavy atom. The number of carbonyl (C=O) groups excluding carboxylic acids is 2. The molecule has 1 atom stereocenters. The number of carbonyl (C=O) groups is 3. The second-order valence-electron chi connectivity index (χ2n) is 8.96. The fourth-order valence-electron chi connectivity index (χ4n) is 4.71. The van der Waals surface area contributed by atoms with E-state index in [9.17, 15) is 14.4 Å². The van der Waals surface area contributed by atoms with E-state index in [1.54, 1.807) is 6.92 Å². The lowest BCUT2D eigenvalue weighted by Gasteiger charge is -2.25. The molecular weight excluding hydrogens is 444 g/mol. The Kier molecular flexibility index (Phi) is 9.70. The second kappa shape index (κ2) is 12.9. The first-order chi connectivity index (χ1) is 16.9. The highest BCUT2D eigenvalue weighted by Crippen LogP contribution is 2.44. The Labute approximate surface area is 207 Å². The zero-order chi connectivity index (χ0) is 25.2. The highest BCUT2D eigenvalue weighted by molar-refractivity contribution is 5.83. The van der Waals surface area contributed by atoms with Crippen LogP contribution in [0.5, 0.6) is 0 Å². The van der Waals surface area contributed by atoms with E-state index in [0.29, 0.717) is 26.1 Å². The summed E-state index contributed by atoms with van der Waals surface area (Å²) < 4.78 is 5.55. The highest BCUT2D eigenvalue weighted by atomic mass is 16.5. The van der Waals surface area contributed by atoms with E-state index < -0.39 is 18.1 Å². The molecule has 35 heavy (non-hydrogen) atoms. The minimum atomic E-state index is -0.982. The topological polar surface area (TPSA) is 95.9 Å². The molecule has 2 aromatic rings. The molecule has 1 unspecified atom stereocenters. The van der Waals surface area contributed by atoms with Crippen LogP contribution in [0.2, 0.25) is 0 Å². The van der Waals surface area contributed by atoms with Crippen molar-refractivity contribution in [1.82, 2.24) is 10.2 Å². The molecule has 0 saturated carbocycles. The number of hydrogen-bond donors (Lipinski definition) is 2. The monoisotopic (exact) mass is 480 g/mol. The van der Waals surface area contributed by atoms with Gasteiger partial charge in [-0.15, -0.1) is 0 Å². The van der Waals surface area contributed by atoms with Crippen molar-refractivity contribution in [1.29, 1.82) is 0 Å². The van der Waals surface area contributed by atoms with Gasteiger partial charge < -0.3 is 20.1 Å². The van der Waals surface area contributed by atoms with Crippen molar-refractivity contribution in [3.8, 4) is 11.1 Å². The van der Waals surface area contributed by atoms with Crippen molar-refractivity contribution in [2.75, 3.05) is 19.7 Å². The molecule has 7 heteroatoms. The summed E-state index contributed by atoms with van der Waals surface area (Å²) in [4.78, 5) is 36.9. The summed E-state index contributed by atoms with van der Waals surface area (Å²) in [5.74, 6) is -1.04. The lowest BCUT2D eigenvalue weighted by Crippen LogP contribution is -2.42. The van der Waals surface area contributed by atoms with Gasteiger partial charge in [0.15, 0.2) is 0 Å². The number of nitrogens with zero attached hydrogens (tertiary/aromatic N) is 1. The molecule has 188 valence electrons. The summed E-state index contributed by atoms with van der Waals surface area (Å²) in [7, 11) is 0. The molecule has 3 rings (SSSR count). The molecule has 1 aliphatic carbocycles. The van der Waals surface area contributed by atoms with Crippen LogP contribution in [0.4, 0.5) is 4.79 Å². The normalized spacial score (nSPS) is 13.0. The Hall–Kier alpha value is -3.35. The maximum atomic E-state index is 12.2. The molecule has 0 aromatic heterocycles. The van der Waals surface area contributed by atoms with Crippen LogP contribution in [-0.4, -0.2) is 53.7 Å². The molecule has 2 N–H and O–H groups in total. The van der Waals surface area contributed by atoms with Gasteiger partial charge in [-0.2, -0.15) is 0 Å². The first-order valence-electron chi connectivity index (χ1n) is 12.5. The summed E-state index contributed by atoms with van der Waals surface area (Å²) in [5, 5.41) is 11.9. The number of fused-ring (bicyclic) bond motifs is 3. The van der Waals surface area contributed by atoms with E-state index in [0.717, 1.165) is 32.1 Å². The van der Waals surface area contributed by atoms with Gasteiger partial charge in [-0.3, -0.25) is 4.79 Å². The standard InChI is InChI=1S/C28H36N2O5/c1-3-30(20(2)27(32)33)26(31)17-7-5-4-6-12-18-29-28(34)35-19-25-23-15-10-8-13-21(23)22-14-9-11-16-24(22)25/h8-11,13-16,20,25H,3-7,12,17-19H2,1-2H3,(H,29,34)(H,32,33). The van der Waals surface area contributed by atoms with Gasteiger partial charge in [0.25, 0.3) is 0 Å². The van der Waals surface area contributed by atoms with Crippen LogP contribution in [-0.2, 0) is 14.3 Å². The SMILES string of the molecule is CCN(C(=O)CCCCCCCNC(=O)OCC1c2ccccc2-c2ccccc21)C(C)C(=O)O. The van der Waals surface area contributed by atoms with Crippen LogP contribution >= 0.6 is 0 Å². The predicted octanol–water partition coefficient (Wildman–Crippen LogP) is 5.19. The second-order valence-corrected chi connectivity index (χ2v) is 8.96. The van der Waals surface area contributed by atoms with Gasteiger partial charge in [0.05, 0.1) is 0 Å². The Bertz CT molecular complexity index is 976. The van der Waals surface area contributed by atoms with E-state index >= 15 is 0 Å². The zero-order valence-electron chi connectivity index (χ0n) is 20.7. The Morgan fingerprint density at radius 3 is 2.11 bits per heavy atom. The average molecular weight is 481 g/mol. The zero-order valence-corrected chi connectivity index (χ0v) is 20.7. The molecule has 0 bridgehead atoms. The van der Waals surface area contributed by atoms with Crippen molar-refractivity contribution in [3.05, 3.63) is 59.7 Å². The van der Waals surface area contributed by atoms with Crippen molar-refractivity contribution in [2.45, 2.75) is 64.3 Å². The molecule has 0 saturated heterocycles. The van der Waals surface area contributed by atoms with Crippen LogP contribution in [0, 0.1) is 0 Å². The number of aliphatic carboxylic acids is 1. The van der Waals surface area contributed by atoms with Gasteiger partial charge in [-0.1, -0.05) is 67.8 Å². The lowest BCUT2D eigenvalue weighted by atomic mass is 9.98. The summed E-state index contributed by atoms with van der Waals surface area (Å²) in [6, 6.07) is 15.7. The van der Waals surface area contributed by atoms with Crippen molar-refractivity contribution >= 4 is 18.0 Å². The van der Waals surface area contributed by atoms with E-state index in [2.05, 4.69) is 29.6 Å². The fourth-order valence-corrected chi connectivity index (χ4v) is 4.71. The van der Waals surface area contributed by atoms with Gasteiger partial charge in [0.2, 0.25) is 5.91 Å². The maximum absolute atomic E-state index is 12.2. The van der Waals surface area contributed by atoms with Crippen LogP contribution in [0.3, 0.4) is 0 Å². The fraction of sp³-hybridized carbons (Fsp3) is 0.464. The Morgan fingerprint density at radius 2 is 1.51 bits per heavy atom. The predicted molar refractivity (Wildman–Crippen MR) is 135 cm³/mol. The smallest absolute Gasteiger partial charge is 0.407 e. The van der Waals surface area contributed by atoms with Crippen LogP contribution < -0.4 is 5.32 Å². The molecule has 0 heterocycles. The van der Waals surface area contributed by atoms with E-state index in [1.165, 1.54) is 34.1 Å². The number of amides is 2. The molecule has 0 spiro atoms. The molecule has 2 amide bonds. The van der Waals surface area contributed by atoms with Gasteiger partial charge in [-0.25, -0.2) is 9.59 Å². The van der Waals surface area contributed by atoms with Gasteiger partial charge in [-0.05, 0) is 48.9 Å². The number of rotatable bonds is 13. The number of ether oxygens (including phenoxy) is 1. The lowest BCUT2D eigenvalue weighted by molar-refractivity contribution is -0.149. The van der Waals surface area contributed by atoms with Crippen LogP contribution in [0.1, 0.15) is 69.4 Å². The number of alkyl carbamates (subject to hydrolysis) is 1. The number of hydrogen-bond acceptors (Lipinski definition) is 4. The number of unbranched alkanes of at least 4 members (excludes halogenated alkanes) is 4. The summed E-state index contributed by atoms with van der Waals surface area (Å²) in [6.07, 6.45) is 4.35. The van der Waals surface area contributed by atoms with Gasteiger partial charge >= 0.3 is 12.1 Å². The van der Waals surface area contributed by atoms with Gasteiger partial charge in [0.1, 0.15) is 12.6 Å². The molecule has 1 aliphatic rings. The number of carboxylic acid groups (broad SMARTS) is 1. The van der Waals surface area contributed by atoms with Crippen molar-refractivity contribution in [3.63, 3.8) is 0 Å². The number of carboxylic acids is 1. The summed E-state index contributed by atoms with van der Waals surface area (Å²) >= 11 is 0. The maximum Gasteiger partial charge on any atom is 0.407 e. The molecule has 2 aromatic carbocycles. The van der Waals surface area contributed by atoms with Crippen molar-refractivity contribution in [2.24, 2.45) is 0 Å². The molecule has 0 fully saturated rings. The third-order valence-electron chi connectivity index (χ3n) is 6.67. The largest absolute Gasteiger partial charge is 0.480 e. The number of likely N-dealkylation sites (N-methyl/N-ethyl adjacent to an activating group) is 1. The van der Waals surface area contributed by atoms with E-state index in [-0.39, 0.29) is 11.8 Å². The number of nitrogens with one attached hydrogen (secondary N) is 1. The molecule has 7 nitrogen and oxygen atoms in total. The van der Waals surface area contributed by atoms with Gasteiger partial charge in [0, 0.05) is 25.4 Å². The molecule has 0 radical (unpaired) electrons. The highest BCUT2D eigenvalue weighted by Gasteiger charge is 2.29.